The van der Waals surface area contributed by atoms with Crippen molar-refractivity contribution in [3.8, 4) is 0 Å². The standard InChI is InChI=1S/C15H19N3O/c1-3-12-6-8-17(10-11(12)2)15(19)14-7-9-18(16-14)13-4-5-13/h3,7,9,13H,1,4-6,8,10H2,2H3. The van der Waals surface area contributed by atoms with Gasteiger partial charge in [-0.2, -0.15) is 5.10 Å². The molecule has 0 atom stereocenters. The summed E-state index contributed by atoms with van der Waals surface area (Å²) in [6.45, 7) is 7.33. The molecule has 0 unspecified atom stereocenters. The lowest BCUT2D eigenvalue weighted by molar-refractivity contribution is 0.0757. The highest BCUT2D eigenvalue weighted by Gasteiger charge is 2.27. The van der Waals surface area contributed by atoms with E-state index in [0.29, 0.717) is 18.3 Å². The van der Waals surface area contributed by atoms with Crippen LogP contribution in [0.15, 0.2) is 36.1 Å². The molecule has 3 rings (SSSR count). The van der Waals surface area contributed by atoms with Crippen LogP contribution in [-0.4, -0.2) is 33.7 Å². The molecule has 4 heteroatoms. The first-order valence-corrected chi connectivity index (χ1v) is 6.84. The highest BCUT2D eigenvalue weighted by molar-refractivity contribution is 5.92. The van der Waals surface area contributed by atoms with Gasteiger partial charge in [-0.25, -0.2) is 0 Å². The quantitative estimate of drug-likeness (QED) is 0.834. The lowest BCUT2D eigenvalue weighted by atomic mass is 10.0. The highest BCUT2D eigenvalue weighted by atomic mass is 16.2. The SMILES string of the molecule is C=CC1=C(C)CN(C(=O)c2ccn(C3CC3)n2)CC1. The molecular weight excluding hydrogens is 238 g/mol. The fourth-order valence-electron chi connectivity index (χ4n) is 2.54. The normalized spacial score (nSPS) is 19.7. The summed E-state index contributed by atoms with van der Waals surface area (Å²) in [6.07, 6.45) is 7.09. The fraction of sp³-hybridized carbons (Fsp3) is 0.467. The van der Waals surface area contributed by atoms with Gasteiger partial charge in [0.2, 0.25) is 0 Å². The van der Waals surface area contributed by atoms with Crippen LogP contribution in [-0.2, 0) is 0 Å². The first-order chi connectivity index (χ1) is 9.19. The number of carbonyl (C=O) groups is 1. The Labute approximate surface area is 113 Å². The summed E-state index contributed by atoms with van der Waals surface area (Å²) >= 11 is 0. The predicted octanol–water partition coefficient (Wildman–Crippen LogP) is 2.57. The molecule has 0 bridgehead atoms. The average molecular weight is 257 g/mol. The second kappa shape index (κ2) is 4.68. The van der Waals surface area contributed by atoms with Gasteiger partial charge in [0.05, 0.1) is 6.04 Å². The van der Waals surface area contributed by atoms with Crippen molar-refractivity contribution in [2.24, 2.45) is 0 Å². The van der Waals surface area contributed by atoms with Crippen molar-refractivity contribution in [3.63, 3.8) is 0 Å². The van der Waals surface area contributed by atoms with Gasteiger partial charge in [-0.15, -0.1) is 0 Å². The summed E-state index contributed by atoms with van der Waals surface area (Å²) in [4.78, 5) is 14.3. The Morgan fingerprint density at radius 2 is 2.32 bits per heavy atom. The van der Waals surface area contributed by atoms with E-state index in [4.69, 9.17) is 0 Å². The van der Waals surface area contributed by atoms with Crippen molar-refractivity contribution in [1.29, 1.82) is 0 Å². The summed E-state index contributed by atoms with van der Waals surface area (Å²) in [5, 5.41) is 4.40. The minimum Gasteiger partial charge on any atom is -0.333 e. The zero-order valence-electron chi connectivity index (χ0n) is 11.3. The van der Waals surface area contributed by atoms with Crippen LogP contribution in [0.2, 0.25) is 0 Å². The number of amides is 1. The van der Waals surface area contributed by atoms with E-state index in [9.17, 15) is 4.79 Å². The maximum absolute atomic E-state index is 12.4. The van der Waals surface area contributed by atoms with Gasteiger partial charge in [0.1, 0.15) is 5.69 Å². The van der Waals surface area contributed by atoms with E-state index in [-0.39, 0.29) is 5.91 Å². The summed E-state index contributed by atoms with van der Waals surface area (Å²) in [5.41, 5.74) is 3.07. The van der Waals surface area contributed by atoms with Gasteiger partial charge in [-0.05, 0) is 37.8 Å². The number of allylic oxidation sites excluding steroid dienone is 1. The molecule has 0 radical (unpaired) electrons. The summed E-state index contributed by atoms with van der Waals surface area (Å²) < 4.78 is 1.93. The monoisotopic (exact) mass is 257 g/mol. The van der Waals surface area contributed by atoms with E-state index >= 15 is 0 Å². The van der Waals surface area contributed by atoms with Crippen LogP contribution >= 0.6 is 0 Å². The smallest absolute Gasteiger partial charge is 0.274 e. The molecule has 1 amide bonds. The molecule has 1 aromatic heterocycles. The van der Waals surface area contributed by atoms with Crippen LogP contribution in [0, 0.1) is 0 Å². The first-order valence-electron chi connectivity index (χ1n) is 6.84. The Bertz CT molecular complexity index is 551. The fourth-order valence-corrected chi connectivity index (χ4v) is 2.54. The van der Waals surface area contributed by atoms with Crippen molar-refractivity contribution in [2.45, 2.75) is 32.2 Å². The molecule has 1 aliphatic carbocycles. The third-order valence-electron chi connectivity index (χ3n) is 3.91. The maximum Gasteiger partial charge on any atom is 0.274 e. The van der Waals surface area contributed by atoms with Crippen LogP contribution in [0.3, 0.4) is 0 Å². The zero-order valence-corrected chi connectivity index (χ0v) is 11.3. The number of nitrogens with zero attached hydrogens (tertiary/aromatic N) is 3. The molecule has 0 saturated heterocycles. The number of carbonyl (C=O) groups excluding carboxylic acids is 1. The third-order valence-corrected chi connectivity index (χ3v) is 3.91. The average Bonchev–Trinajstić information content (AvgIpc) is 3.16. The molecule has 4 nitrogen and oxygen atoms in total. The molecule has 1 aliphatic heterocycles. The number of aromatic nitrogens is 2. The molecule has 0 spiro atoms. The molecular formula is C15H19N3O. The third kappa shape index (κ3) is 2.35. The molecule has 19 heavy (non-hydrogen) atoms. The Hall–Kier alpha value is -1.84. The highest BCUT2D eigenvalue weighted by Crippen LogP contribution is 2.34. The number of rotatable bonds is 3. The molecule has 1 saturated carbocycles. The van der Waals surface area contributed by atoms with Crippen LogP contribution < -0.4 is 0 Å². The van der Waals surface area contributed by atoms with Gasteiger partial charge in [0.25, 0.3) is 5.91 Å². The molecule has 0 aromatic carbocycles. The molecule has 100 valence electrons. The minimum absolute atomic E-state index is 0.0434. The zero-order chi connectivity index (χ0) is 13.4. The lowest BCUT2D eigenvalue weighted by Crippen LogP contribution is -2.36. The molecule has 1 fully saturated rings. The van der Waals surface area contributed by atoms with Crippen molar-refractivity contribution >= 4 is 5.91 Å². The second-order valence-corrected chi connectivity index (χ2v) is 5.40. The number of hydrogen-bond acceptors (Lipinski definition) is 2. The summed E-state index contributed by atoms with van der Waals surface area (Å²) in [6, 6.07) is 2.36. The maximum atomic E-state index is 12.4. The van der Waals surface area contributed by atoms with Crippen molar-refractivity contribution in [1.82, 2.24) is 14.7 Å². The van der Waals surface area contributed by atoms with Gasteiger partial charge in [0.15, 0.2) is 0 Å². The minimum atomic E-state index is 0.0434. The summed E-state index contributed by atoms with van der Waals surface area (Å²) in [5.74, 6) is 0.0434. The molecule has 2 heterocycles. The van der Waals surface area contributed by atoms with E-state index in [0.717, 1.165) is 13.0 Å². The van der Waals surface area contributed by atoms with E-state index in [1.54, 1.807) is 0 Å². The van der Waals surface area contributed by atoms with E-state index < -0.39 is 0 Å². The second-order valence-electron chi connectivity index (χ2n) is 5.40. The first kappa shape index (κ1) is 12.2. The lowest BCUT2D eigenvalue weighted by Gasteiger charge is -2.28. The van der Waals surface area contributed by atoms with Crippen LogP contribution in [0.25, 0.3) is 0 Å². The number of hydrogen-bond donors (Lipinski definition) is 0. The van der Waals surface area contributed by atoms with E-state index in [1.807, 2.05) is 27.9 Å². The van der Waals surface area contributed by atoms with Gasteiger partial charge >= 0.3 is 0 Å². The Balaban J connectivity index is 1.73. The Morgan fingerprint density at radius 3 is 2.95 bits per heavy atom. The topological polar surface area (TPSA) is 38.1 Å². The van der Waals surface area contributed by atoms with Gasteiger partial charge < -0.3 is 4.90 Å². The van der Waals surface area contributed by atoms with Gasteiger partial charge in [-0.1, -0.05) is 18.2 Å². The van der Waals surface area contributed by atoms with Crippen molar-refractivity contribution in [2.75, 3.05) is 13.1 Å². The largest absolute Gasteiger partial charge is 0.333 e. The Kier molecular flexibility index (Phi) is 3.01. The molecule has 1 aromatic rings. The van der Waals surface area contributed by atoms with Crippen molar-refractivity contribution < 1.29 is 4.79 Å². The van der Waals surface area contributed by atoms with Crippen LogP contribution in [0.4, 0.5) is 0 Å². The van der Waals surface area contributed by atoms with Gasteiger partial charge in [-0.3, -0.25) is 9.48 Å². The van der Waals surface area contributed by atoms with Crippen molar-refractivity contribution in [3.05, 3.63) is 41.8 Å². The Morgan fingerprint density at radius 1 is 1.53 bits per heavy atom. The van der Waals surface area contributed by atoms with E-state index in [2.05, 4.69) is 18.6 Å². The summed E-state index contributed by atoms with van der Waals surface area (Å²) in [7, 11) is 0. The predicted molar refractivity (Wildman–Crippen MR) is 73.9 cm³/mol. The molecule has 0 N–H and O–H groups in total. The van der Waals surface area contributed by atoms with E-state index in [1.165, 1.54) is 24.0 Å². The van der Waals surface area contributed by atoms with Gasteiger partial charge in [0, 0.05) is 19.3 Å². The van der Waals surface area contributed by atoms with Crippen LogP contribution in [0.5, 0.6) is 0 Å². The molecule has 2 aliphatic rings. The van der Waals surface area contributed by atoms with Crippen LogP contribution in [0.1, 0.15) is 42.7 Å².